The summed E-state index contributed by atoms with van der Waals surface area (Å²) in [5, 5.41) is 1.83. The van der Waals surface area contributed by atoms with E-state index in [4.69, 9.17) is 0 Å². The molecule has 0 atom stereocenters. The number of nitrogens with one attached hydrogen (secondary N) is 1. The molecule has 2 aromatic rings. The predicted molar refractivity (Wildman–Crippen MR) is 94.5 cm³/mol. The van der Waals surface area contributed by atoms with Crippen molar-refractivity contribution in [2.24, 2.45) is 0 Å². The number of nitrogens with zero attached hydrogens (tertiary/aromatic N) is 3. The third-order valence-electron chi connectivity index (χ3n) is 4.27. The molecule has 0 spiro atoms. The van der Waals surface area contributed by atoms with Crippen molar-refractivity contribution in [3.05, 3.63) is 59.2 Å². The molecule has 1 N–H and O–H groups in total. The quantitative estimate of drug-likeness (QED) is 0.820. The largest absolute Gasteiger partial charge is 0.405 e. The van der Waals surface area contributed by atoms with Crippen LogP contribution in [0.3, 0.4) is 0 Å². The Balaban J connectivity index is 1.66. The first-order valence-corrected chi connectivity index (χ1v) is 8.76. The van der Waals surface area contributed by atoms with Gasteiger partial charge in [0.1, 0.15) is 12.2 Å². The van der Waals surface area contributed by atoms with E-state index in [0.717, 1.165) is 18.4 Å². The van der Waals surface area contributed by atoms with Gasteiger partial charge in [-0.2, -0.15) is 13.2 Å². The van der Waals surface area contributed by atoms with E-state index in [0.29, 0.717) is 12.2 Å². The molecule has 1 aromatic heterocycles. The van der Waals surface area contributed by atoms with Crippen LogP contribution in [-0.2, 0) is 6.54 Å². The summed E-state index contributed by atoms with van der Waals surface area (Å²) in [6, 6.07) is 6.29. The highest BCUT2D eigenvalue weighted by atomic mass is 19.4. The molecule has 28 heavy (non-hydrogen) atoms. The summed E-state index contributed by atoms with van der Waals surface area (Å²) in [7, 11) is 0. The van der Waals surface area contributed by atoms with Crippen LogP contribution in [0.1, 0.15) is 44.9 Å². The number of carbonyl (C=O) groups is 2. The van der Waals surface area contributed by atoms with Crippen molar-refractivity contribution < 1.29 is 22.8 Å². The Bertz CT molecular complexity index is 847. The summed E-state index contributed by atoms with van der Waals surface area (Å²) >= 11 is 0. The van der Waals surface area contributed by atoms with Crippen LogP contribution < -0.4 is 5.32 Å². The predicted octanol–water partition coefficient (Wildman–Crippen LogP) is 2.88. The number of aryl methyl sites for hydroxylation is 1. The van der Waals surface area contributed by atoms with E-state index in [1.54, 1.807) is 24.0 Å². The first-order chi connectivity index (χ1) is 13.2. The van der Waals surface area contributed by atoms with Gasteiger partial charge >= 0.3 is 6.18 Å². The summed E-state index contributed by atoms with van der Waals surface area (Å²) in [5.74, 6) is -1.02. The minimum Gasteiger partial charge on any atom is -0.343 e. The van der Waals surface area contributed by atoms with Crippen molar-refractivity contribution in [1.29, 1.82) is 0 Å². The molecule has 9 heteroatoms. The number of carbonyl (C=O) groups excluding carboxylic acids is 2. The number of benzene rings is 1. The number of rotatable bonds is 6. The number of halogens is 3. The molecule has 0 bridgehead atoms. The minimum absolute atomic E-state index is 0.127. The van der Waals surface area contributed by atoms with Gasteiger partial charge in [0.05, 0.1) is 11.9 Å². The number of aromatic nitrogens is 2. The van der Waals surface area contributed by atoms with Crippen LogP contribution in [0.2, 0.25) is 0 Å². The van der Waals surface area contributed by atoms with Crippen LogP contribution in [0.15, 0.2) is 36.7 Å². The monoisotopic (exact) mass is 392 g/mol. The fraction of sp³-hybridized carbons (Fsp3) is 0.368. The van der Waals surface area contributed by atoms with Gasteiger partial charge in [-0.3, -0.25) is 14.6 Å². The Morgan fingerprint density at radius 3 is 2.36 bits per heavy atom. The lowest BCUT2D eigenvalue weighted by Gasteiger charge is -2.22. The van der Waals surface area contributed by atoms with Gasteiger partial charge in [0.15, 0.2) is 0 Å². The lowest BCUT2D eigenvalue weighted by molar-refractivity contribution is -0.123. The van der Waals surface area contributed by atoms with E-state index in [-0.39, 0.29) is 23.2 Å². The summed E-state index contributed by atoms with van der Waals surface area (Å²) in [4.78, 5) is 34.5. The molecule has 3 rings (SSSR count). The minimum atomic E-state index is -4.46. The van der Waals surface area contributed by atoms with E-state index in [1.165, 1.54) is 24.5 Å². The fourth-order valence-electron chi connectivity index (χ4n) is 2.64. The molecular weight excluding hydrogens is 373 g/mol. The van der Waals surface area contributed by atoms with Crippen LogP contribution in [0.5, 0.6) is 0 Å². The standard InChI is InChI=1S/C19H19F3N4O2/c1-12-8-24-16(9-23-12)18(28)26(15-6-7-15)10-13-2-4-14(5-3-13)17(27)25-11-19(20,21)22/h2-5,8-9,15H,6-7,10-11H2,1H3,(H,25,27). The Morgan fingerprint density at radius 2 is 1.82 bits per heavy atom. The van der Waals surface area contributed by atoms with Gasteiger partial charge in [-0.1, -0.05) is 12.1 Å². The average molecular weight is 392 g/mol. The first kappa shape index (κ1) is 19.8. The van der Waals surface area contributed by atoms with Gasteiger partial charge in [-0.25, -0.2) is 4.98 Å². The zero-order valence-electron chi connectivity index (χ0n) is 15.2. The molecule has 1 aromatic carbocycles. The SMILES string of the molecule is Cc1cnc(C(=O)N(Cc2ccc(C(=O)NCC(F)(F)F)cc2)C2CC2)cn1. The third kappa shape index (κ3) is 5.28. The zero-order valence-corrected chi connectivity index (χ0v) is 15.2. The van der Waals surface area contributed by atoms with Crippen LogP contribution in [0, 0.1) is 6.92 Å². The number of hydrogen-bond donors (Lipinski definition) is 1. The first-order valence-electron chi connectivity index (χ1n) is 8.76. The van der Waals surface area contributed by atoms with E-state index < -0.39 is 18.6 Å². The van der Waals surface area contributed by atoms with E-state index in [9.17, 15) is 22.8 Å². The maximum absolute atomic E-state index is 12.7. The van der Waals surface area contributed by atoms with Gasteiger partial charge in [0.25, 0.3) is 11.8 Å². The second kappa shape index (κ2) is 7.95. The maximum Gasteiger partial charge on any atom is 0.405 e. The molecule has 1 aliphatic carbocycles. The molecule has 2 amide bonds. The van der Waals surface area contributed by atoms with Crippen molar-refractivity contribution in [2.75, 3.05) is 6.54 Å². The molecule has 0 aliphatic heterocycles. The molecule has 0 saturated heterocycles. The van der Waals surface area contributed by atoms with E-state index in [1.807, 2.05) is 5.32 Å². The highest BCUT2D eigenvalue weighted by molar-refractivity contribution is 5.94. The molecule has 0 radical (unpaired) electrons. The third-order valence-corrected chi connectivity index (χ3v) is 4.27. The normalized spacial score (nSPS) is 13.9. The molecule has 0 unspecified atom stereocenters. The molecule has 1 fully saturated rings. The summed E-state index contributed by atoms with van der Waals surface area (Å²) < 4.78 is 36.6. The summed E-state index contributed by atoms with van der Waals surface area (Å²) in [5.41, 5.74) is 1.88. The Kier molecular flexibility index (Phi) is 5.62. The highest BCUT2D eigenvalue weighted by Gasteiger charge is 2.33. The molecule has 1 heterocycles. The van der Waals surface area contributed by atoms with Crippen molar-refractivity contribution in [1.82, 2.24) is 20.2 Å². The Labute approximate surface area is 159 Å². The topological polar surface area (TPSA) is 75.2 Å². The lowest BCUT2D eigenvalue weighted by Crippen LogP contribution is -2.34. The van der Waals surface area contributed by atoms with E-state index >= 15 is 0 Å². The summed E-state index contributed by atoms with van der Waals surface area (Å²) in [6.45, 7) is 0.727. The number of alkyl halides is 3. The second-order valence-electron chi connectivity index (χ2n) is 6.70. The molecular formula is C19H19F3N4O2. The summed E-state index contributed by atoms with van der Waals surface area (Å²) in [6.07, 6.45) is 0.333. The van der Waals surface area contributed by atoms with Gasteiger partial charge in [-0.05, 0) is 37.5 Å². The number of hydrogen-bond acceptors (Lipinski definition) is 4. The average Bonchev–Trinajstić information content (AvgIpc) is 3.49. The van der Waals surface area contributed by atoms with Crippen molar-refractivity contribution >= 4 is 11.8 Å². The molecule has 1 saturated carbocycles. The Hall–Kier alpha value is -2.97. The molecule has 6 nitrogen and oxygen atoms in total. The maximum atomic E-state index is 12.7. The molecule has 1 aliphatic rings. The van der Waals surface area contributed by atoms with Gasteiger partial charge < -0.3 is 10.2 Å². The van der Waals surface area contributed by atoms with Crippen molar-refractivity contribution in [3.63, 3.8) is 0 Å². The lowest BCUT2D eigenvalue weighted by atomic mass is 10.1. The smallest absolute Gasteiger partial charge is 0.343 e. The van der Waals surface area contributed by atoms with E-state index in [2.05, 4.69) is 9.97 Å². The van der Waals surface area contributed by atoms with Crippen LogP contribution in [0.4, 0.5) is 13.2 Å². The van der Waals surface area contributed by atoms with Gasteiger partial charge in [-0.15, -0.1) is 0 Å². The van der Waals surface area contributed by atoms with Gasteiger partial charge in [0.2, 0.25) is 0 Å². The zero-order chi connectivity index (χ0) is 20.3. The fourth-order valence-corrected chi connectivity index (χ4v) is 2.64. The Morgan fingerprint density at radius 1 is 1.14 bits per heavy atom. The van der Waals surface area contributed by atoms with Crippen LogP contribution >= 0.6 is 0 Å². The van der Waals surface area contributed by atoms with Crippen molar-refractivity contribution in [2.45, 2.75) is 38.5 Å². The number of amides is 2. The van der Waals surface area contributed by atoms with Crippen LogP contribution in [0.25, 0.3) is 0 Å². The van der Waals surface area contributed by atoms with Gasteiger partial charge in [0, 0.05) is 24.3 Å². The molecule has 148 valence electrons. The van der Waals surface area contributed by atoms with Crippen molar-refractivity contribution in [3.8, 4) is 0 Å². The van der Waals surface area contributed by atoms with Crippen LogP contribution in [-0.4, -0.2) is 45.4 Å². The highest BCUT2D eigenvalue weighted by Crippen LogP contribution is 2.29. The second-order valence-corrected chi connectivity index (χ2v) is 6.70.